The quantitative estimate of drug-likeness (QED) is 0.857. The monoisotopic (exact) mass is 323 g/mol. The summed E-state index contributed by atoms with van der Waals surface area (Å²) in [5.74, 6) is -1.35. The van der Waals surface area contributed by atoms with Gasteiger partial charge in [-0.05, 0) is 17.4 Å². The maximum Gasteiger partial charge on any atom is 0.323 e. The van der Waals surface area contributed by atoms with Gasteiger partial charge in [0.1, 0.15) is 17.9 Å². The lowest BCUT2D eigenvalue weighted by Crippen LogP contribution is -2.41. The maximum absolute atomic E-state index is 12.3. The van der Waals surface area contributed by atoms with Gasteiger partial charge in [-0.3, -0.25) is 19.0 Å². The summed E-state index contributed by atoms with van der Waals surface area (Å²) in [7, 11) is 0. The average molecular weight is 323 g/mol. The zero-order valence-corrected chi connectivity index (χ0v) is 13.2. The summed E-state index contributed by atoms with van der Waals surface area (Å²) in [4.78, 5) is 41.4. The Kier molecular flexibility index (Phi) is 4.92. The van der Waals surface area contributed by atoms with Crippen LogP contribution in [0.2, 0.25) is 0 Å². The van der Waals surface area contributed by atoms with Gasteiger partial charge in [-0.2, -0.15) is 0 Å². The predicted molar refractivity (Wildman–Crippen MR) is 82.9 cm³/mol. The first kappa shape index (κ1) is 16.2. The fourth-order valence-electron chi connectivity index (χ4n) is 2.11. The number of carboxylic acids is 1. The van der Waals surface area contributed by atoms with E-state index >= 15 is 0 Å². The second-order valence-electron chi connectivity index (χ2n) is 5.38. The van der Waals surface area contributed by atoms with Gasteiger partial charge < -0.3 is 10.0 Å². The van der Waals surface area contributed by atoms with Gasteiger partial charge in [-0.15, -0.1) is 11.3 Å². The number of aliphatic carboxylic acids is 1. The van der Waals surface area contributed by atoms with E-state index < -0.39 is 11.9 Å². The van der Waals surface area contributed by atoms with Crippen molar-refractivity contribution in [1.82, 2.24) is 14.5 Å². The van der Waals surface area contributed by atoms with Crippen molar-refractivity contribution in [3.63, 3.8) is 0 Å². The molecule has 0 saturated carbocycles. The van der Waals surface area contributed by atoms with Crippen molar-refractivity contribution in [2.24, 2.45) is 5.92 Å². The van der Waals surface area contributed by atoms with Gasteiger partial charge in [0.15, 0.2) is 0 Å². The number of rotatable bonds is 6. The van der Waals surface area contributed by atoms with Gasteiger partial charge in [0, 0.05) is 6.54 Å². The molecule has 118 valence electrons. The maximum atomic E-state index is 12.3. The van der Waals surface area contributed by atoms with Crippen LogP contribution in [0.15, 0.2) is 22.6 Å². The molecule has 2 aromatic heterocycles. The molecule has 0 fully saturated rings. The van der Waals surface area contributed by atoms with Crippen molar-refractivity contribution in [3.8, 4) is 0 Å². The zero-order chi connectivity index (χ0) is 16.3. The Morgan fingerprint density at radius 2 is 2.18 bits per heavy atom. The Bertz CT molecular complexity index is 750. The standard InChI is InChI=1S/C14H17N3O4S/c1-9(2)5-16(7-12(19)20)11(18)6-17-8-15-13-10(14(17)21)3-4-22-13/h3-4,8-9H,5-7H2,1-2H3,(H,19,20). The molecule has 1 N–H and O–H groups in total. The third-order valence-electron chi connectivity index (χ3n) is 3.02. The van der Waals surface area contributed by atoms with Crippen LogP contribution in [0.25, 0.3) is 10.2 Å². The van der Waals surface area contributed by atoms with Crippen molar-refractivity contribution in [3.05, 3.63) is 28.1 Å². The van der Waals surface area contributed by atoms with Gasteiger partial charge in [0.25, 0.3) is 5.56 Å². The van der Waals surface area contributed by atoms with E-state index in [0.29, 0.717) is 16.8 Å². The highest BCUT2D eigenvalue weighted by molar-refractivity contribution is 7.16. The number of nitrogens with zero attached hydrogens (tertiary/aromatic N) is 3. The molecule has 0 radical (unpaired) electrons. The molecule has 0 aliphatic carbocycles. The molecule has 2 heterocycles. The van der Waals surface area contributed by atoms with Crippen LogP contribution >= 0.6 is 11.3 Å². The van der Waals surface area contributed by atoms with Crippen LogP contribution < -0.4 is 5.56 Å². The lowest BCUT2D eigenvalue weighted by atomic mass is 10.2. The molecule has 0 aliphatic rings. The molecule has 2 rings (SSSR count). The second-order valence-corrected chi connectivity index (χ2v) is 6.27. The second kappa shape index (κ2) is 6.69. The third-order valence-corrected chi connectivity index (χ3v) is 3.84. The molecular weight excluding hydrogens is 306 g/mol. The SMILES string of the molecule is CC(C)CN(CC(=O)O)C(=O)Cn1cnc2sccc2c1=O. The lowest BCUT2D eigenvalue weighted by Gasteiger charge is -2.23. The highest BCUT2D eigenvalue weighted by atomic mass is 32.1. The number of carbonyl (C=O) groups excluding carboxylic acids is 1. The Balaban J connectivity index is 2.21. The van der Waals surface area contributed by atoms with Crippen LogP contribution in [0.4, 0.5) is 0 Å². The van der Waals surface area contributed by atoms with Gasteiger partial charge in [0.2, 0.25) is 5.91 Å². The summed E-state index contributed by atoms with van der Waals surface area (Å²) in [5, 5.41) is 11.1. The summed E-state index contributed by atoms with van der Waals surface area (Å²) < 4.78 is 1.21. The number of hydrogen-bond acceptors (Lipinski definition) is 5. The minimum Gasteiger partial charge on any atom is -0.480 e. The molecular formula is C14H17N3O4S. The van der Waals surface area contributed by atoms with E-state index in [2.05, 4.69) is 4.98 Å². The number of thiophene rings is 1. The Labute approximate surface area is 130 Å². The Morgan fingerprint density at radius 1 is 1.45 bits per heavy atom. The normalized spacial score (nSPS) is 11.0. The van der Waals surface area contributed by atoms with Crippen molar-refractivity contribution in [2.75, 3.05) is 13.1 Å². The highest BCUT2D eigenvalue weighted by Gasteiger charge is 2.19. The van der Waals surface area contributed by atoms with Crippen LogP contribution in [-0.2, 0) is 16.1 Å². The highest BCUT2D eigenvalue weighted by Crippen LogP contribution is 2.13. The molecule has 0 atom stereocenters. The Morgan fingerprint density at radius 3 is 2.82 bits per heavy atom. The molecule has 0 spiro atoms. The third kappa shape index (κ3) is 3.70. The van der Waals surface area contributed by atoms with Crippen molar-refractivity contribution < 1.29 is 14.7 Å². The molecule has 8 heteroatoms. The fourth-order valence-corrected chi connectivity index (χ4v) is 2.83. The summed E-state index contributed by atoms with van der Waals surface area (Å²) in [5.41, 5.74) is -0.292. The molecule has 0 unspecified atom stereocenters. The number of aromatic nitrogens is 2. The summed E-state index contributed by atoms with van der Waals surface area (Å²) >= 11 is 1.35. The summed E-state index contributed by atoms with van der Waals surface area (Å²) in [6.45, 7) is 3.53. The van der Waals surface area contributed by atoms with Crippen LogP contribution in [0.3, 0.4) is 0 Å². The first-order valence-electron chi connectivity index (χ1n) is 6.80. The van der Waals surface area contributed by atoms with Gasteiger partial charge in [0.05, 0.1) is 11.7 Å². The number of carbonyl (C=O) groups is 2. The topological polar surface area (TPSA) is 92.5 Å². The molecule has 0 saturated heterocycles. The molecule has 22 heavy (non-hydrogen) atoms. The van der Waals surface area contributed by atoms with E-state index in [0.717, 1.165) is 0 Å². The lowest BCUT2D eigenvalue weighted by molar-refractivity contribution is -0.145. The van der Waals surface area contributed by atoms with E-state index in [1.165, 1.54) is 27.1 Å². The average Bonchev–Trinajstić information content (AvgIpc) is 2.89. The number of fused-ring (bicyclic) bond motifs is 1. The minimum atomic E-state index is -1.08. The molecule has 0 bridgehead atoms. The number of carboxylic acid groups (broad SMARTS) is 1. The van der Waals surface area contributed by atoms with E-state index in [-0.39, 0.29) is 24.6 Å². The Hall–Kier alpha value is -2.22. The summed E-state index contributed by atoms with van der Waals surface area (Å²) in [6.07, 6.45) is 1.33. The smallest absolute Gasteiger partial charge is 0.323 e. The van der Waals surface area contributed by atoms with Crippen LogP contribution in [0, 0.1) is 5.92 Å². The van der Waals surface area contributed by atoms with E-state index in [1.807, 2.05) is 13.8 Å². The number of amides is 1. The van der Waals surface area contributed by atoms with Crippen molar-refractivity contribution >= 4 is 33.4 Å². The van der Waals surface area contributed by atoms with Crippen molar-refractivity contribution in [1.29, 1.82) is 0 Å². The van der Waals surface area contributed by atoms with Crippen LogP contribution in [-0.4, -0.2) is 44.5 Å². The predicted octanol–water partition coefficient (Wildman–Crippen LogP) is 1.03. The molecule has 0 aromatic carbocycles. The van der Waals surface area contributed by atoms with Gasteiger partial charge in [-0.25, -0.2) is 4.98 Å². The summed E-state index contributed by atoms with van der Waals surface area (Å²) in [6, 6.07) is 1.67. The molecule has 7 nitrogen and oxygen atoms in total. The first-order chi connectivity index (χ1) is 10.4. The fraction of sp³-hybridized carbons (Fsp3) is 0.429. The molecule has 0 aliphatic heterocycles. The van der Waals surface area contributed by atoms with E-state index in [4.69, 9.17) is 5.11 Å². The van der Waals surface area contributed by atoms with Gasteiger partial charge >= 0.3 is 5.97 Å². The largest absolute Gasteiger partial charge is 0.480 e. The molecule has 2 aromatic rings. The number of hydrogen-bond donors (Lipinski definition) is 1. The van der Waals surface area contributed by atoms with E-state index in [9.17, 15) is 14.4 Å². The first-order valence-corrected chi connectivity index (χ1v) is 7.68. The van der Waals surface area contributed by atoms with Gasteiger partial charge in [-0.1, -0.05) is 13.8 Å². The van der Waals surface area contributed by atoms with E-state index in [1.54, 1.807) is 11.4 Å². The zero-order valence-electron chi connectivity index (χ0n) is 12.4. The molecule has 1 amide bonds. The van der Waals surface area contributed by atoms with Crippen LogP contribution in [0.5, 0.6) is 0 Å². The van der Waals surface area contributed by atoms with Crippen LogP contribution in [0.1, 0.15) is 13.8 Å². The van der Waals surface area contributed by atoms with Crippen molar-refractivity contribution in [2.45, 2.75) is 20.4 Å². The minimum absolute atomic E-state index is 0.137.